The zero-order chi connectivity index (χ0) is 22.7. The van der Waals surface area contributed by atoms with Crippen molar-refractivity contribution in [2.24, 2.45) is 5.84 Å². The second-order valence-corrected chi connectivity index (χ2v) is 8.28. The third kappa shape index (κ3) is 4.86. The van der Waals surface area contributed by atoms with E-state index in [2.05, 4.69) is 4.90 Å². The van der Waals surface area contributed by atoms with E-state index < -0.39 is 11.7 Å². The van der Waals surface area contributed by atoms with Crippen LogP contribution in [0.15, 0.2) is 42.5 Å². The van der Waals surface area contributed by atoms with Crippen LogP contribution in [0.4, 0.5) is 14.9 Å². The Bertz CT molecular complexity index is 995. The van der Waals surface area contributed by atoms with Gasteiger partial charge in [-0.1, -0.05) is 23.7 Å². The first-order valence-corrected chi connectivity index (χ1v) is 10.8. The molecule has 10 heteroatoms. The van der Waals surface area contributed by atoms with Gasteiger partial charge in [-0.2, -0.15) is 0 Å². The number of amides is 3. The average Bonchev–Trinajstić information content (AvgIpc) is 2.76. The summed E-state index contributed by atoms with van der Waals surface area (Å²) in [6, 6.07) is 11.2. The number of halogens is 2. The third-order valence-corrected chi connectivity index (χ3v) is 6.08. The van der Waals surface area contributed by atoms with Crippen LogP contribution in [-0.4, -0.2) is 67.2 Å². The number of ether oxygens (including phenoxy) is 1. The van der Waals surface area contributed by atoms with Crippen molar-refractivity contribution in [2.45, 2.75) is 12.6 Å². The molecule has 8 nitrogen and oxygen atoms in total. The van der Waals surface area contributed by atoms with Crippen LogP contribution < -0.4 is 16.2 Å². The van der Waals surface area contributed by atoms with Crippen molar-refractivity contribution in [3.8, 4) is 0 Å². The van der Waals surface area contributed by atoms with Gasteiger partial charge in [0.25, 0.3) is 5.91 Å². The molecule has 170 valence electrons. The number of nitrogens with zero attached hydrogens (tertiary/aromatic N) is 3. The standard InChI is InChI=1S/C22H25ClFN5O3/c23-17-2-1-3-18(11-17)29(12-16-5-4-15(10-20(16)24)21(30)26-25)22(31)28-8-6-27(7-9-28)19-13-32-14-19/h1-5,10-11,19H,6-9,12-14,25H2,(H,26,30). The molecule has 3 amide bonds. The molecular weight excluding hydrogens is 437 g/mol. The first-order valence-electron chi connectivity index (χ1n) is 10.4. The van der Waals surface area contributed by atoms with Crippen molar-refractivity contribution in [1.29, 1.82) is 0 Å². The summed E-state index contributed by atoms with van der Waals surface area (Å²) in [5, 5.41) is 0.477. The fraction of sp³-hybridized carbons (Fsp3) is 0.364. The van der Waals surface area contributed by atoms with Crippen LogP contribution in [0.1, 0.15) is 15.9 Å². The summed E-state index contributed by atoms with van der Waals surface area (Å²) in [5.41, 5.74) is 2.93. The van der Waals surface area contributed by atoms with Crippen LogP contribution in [0, 0.1) is 5.82 Å². The van der Waals surface area contributed by atoms with Gasteiger partial charge in [0.1, 0.15) is 5.82 Å². The van der Waals surface area contributed by atoms with Gasteiger partial charge in [0.15, 0.2) is 0 Å². The molecular formula is C22H25ClFN5O3. The molecule has 0 aromatic heterocycles. The van der Waals surface area contributed by atoms with Crippen LogP contribution in [-0.2, 0) is 11.3 Å². The minimum absolute atomic E-state index is 0.00773. The third-order valence-electron chi connectivity index (χ3n) is 5.85. The Balaban J connectivity index is 1.54. The first kappa shape index (κ1) is 22.5. The van der Waals surface area contributed by atoms with Gasteiger partial charge >= 0.3 is 6.03 Å². The summed E-state index contributed by atoms with van der Waals surface area (Å²) in [4.78, 5) is 30.8. The number of piperazine rings is 1. The predicted molar refractivity (Wildman–Crippen MR) is 119 cm³/mol. The van der Waals surface area contributed by atoms with Crippen molar-refractivity contribution in [3.05, 3.63) is 64.4 Å². The largest absolute Gasteiger partial charge is 0.378 e. The Hall–Kier alpha value is -2.72. The Morgan fingerprint density at radius 1 is 1.16 bits per heavy atom. The Morgan fingerprint density at radius 2 is 1.91 bits per heavy atom. The maximum atomic E-state index is 14.8. The Kier molecular flexibility index (Phi) is 6.90. The number of benzene rings is 2. The molecule has 3 N–H and O–H groups in total. The molecule has 0 aliphatic carbocycles. The second kappa shape index (κ2) is 9.83. The predicted octanol–water partition coefficient (Wildman–Crippen LogP) is 2.23. The van der Waals surface area contributed by atoms with E-state index in [4.69, 9.17) is 22.2 Å². The smallest absolute Gasteiger partial charge is 0.324 e. The molecule has 0 spiro atoms. The van der Waals surface area contributed by atoms with Gasteiger partial charge in [-0.25, -0.2) is 15.0 Å². The van der Waals surface area contributed by atoms with Gasteiger partial charge in [-0.3, -0.25) is 20.0 Å². The topological polar surface area (TPSA) is 91.1 Å². The van der Waals surface area contributed by atoms with Crippen LogP contribution in [0.3, 0.4) is 0 Å². The van der Waals surface area contributed by atoms with Crippen LogP contribution in [0.25, 0.3) is 0 Å². The van der Waals surface area contributed by atoms with Crippen molar-refractivity contribution >= 4 is 29.2 Å². The Morgan fingerprint density at radius 3 is 2.50 bits per heavy atom. The van der Waals surface area contributed by atoms with E-state index in [1.54, 1.807) is 29.2 Å². The SMILES string of the molecule is NNC(=O)c1ccc(CN(C(=O)N2CCN(C3COC3)CC2)c2cccc(Cl)c2)c(F)c1. The number of hydrogen-bond donors (Lipinski definition) is 2. The van der Waals surface area contributed by atoms with E-state index in [1.165, 1.54) is 17.0 Å². The van der Waals surface area contributed by atoms with Gasteiger partial charge in [0.2, 0.25) is 0 Å². The molecule has 2 aromatic carbocycles. The molecule has 2 aromatic rings. The monoisotopic (exact) mass is 461 g/mol. The highest BCUT2D eigenvalue weighted by atomic mass is 35.5. The fourth-order valence-electron chi connectivity index (χ4n) is 3.87. The molecule has 2 heterocycles. The van der Waals surface area contributed by atoms with Crippen LogP contribution >= 0.6 is 11.6 Å². The van der Waals surface area contributed by atoms with Crippen molar-refractivity contribution in [3.63, 3.8) is 0 Å². The number of nitrogen functional groups attached to an aromatic ring is 1. The molecule has 0 radical (unpaired) electrons. The van der Waals surface area contributed by atoms with Crippen LogP contribution in [0.5, 0.6) is 0 Å². The highest BCUT2D eigenvalue weighted by Gasteiger charge is 2.32. The van der Waals surface area contributed by atoms with Gasteiger partial charge in [-0.05, 0) is 30.3 Å². The number of nitrogens with two attached hydrogens (primary N) is 1. The first-order chi connectivity index (χ1) is 15.5. The average molecular weight is 462 g/mol. The number of urea groups is 1. The summed E-state index contributed by atoms with van der Waals surface area (Å²) in [6.45, 7) is 4.14. The molecule has 4 rings (SSSR count). The summed E-state index contributed by atoms with van der Waals surface area (Å²) in [6.07, 6.45) is 0. The molecule has 2 aliphatic heterocycles. The van der Waals surface area contributed by atoms with E-state index >= 15 is 0 Å². The van der Waals surface area contributed by atoms with Crippen LogP contribution in [0.2, 0.25) is 5.02 Å². The molecule has 2 saturated heterocycles. The normalized spacial score (nSPS) is 17.0. The van der Waals surface area contributed by atoms with Gasteiger partial charge in [-0.15, -0.1) is 0 Å². The summed E-state index contributed by atoms with van der Waals surface area (Å²) >= 11 is 6.16. The molecule has 0 unspecified atom stereocenters. The van der Waals surface area contributed by atoms with Crippen molar-refractivity contribution < 1.29 is 18.7 Å². The number of carbonyl (C=O) groups excluding carboxylic acids is 2. The minimum Gasteiger partial charge on any atom is -0.378 e. The summed E-state index contributed by atoms with van der Waals surface area (Å²) in [5.74, 6) is 3.94. The van der Waals surface area contributed by atoms with E-state index in [0.29, 0.717) is 29.8 Å². The molecule has 2 fully saturated rings. The second-order valence-electron chi connectivity index (χ2n) is 7.84. The van der Waals surface area contributed by atoms with Gasteiger partial charge in [0, 0.05) is 48.0 Å². The lowest BCUT2D eigenvalue weighted by molar-refractivity contribution is -0.0738. The highest BCUT2D eigenvalue weighted by Crippen LogP contribution is 2.25. The van der Waals surface area contributed by atoms with E-state index in [-0.39, 0.29) is 23.7 Å². The van der Waals surface area contributed by atoms with Crippen molar-refractivity contribution in [2.75, 3.05) is 44.3 Å². The lowest BCUT2D eigenvalue weighted by Gasteiger charge is -2.43. The zero-order valence-electron chi connectivity index (χ0n) is 17.5. The quantitative estimate of drug-likeness (QED) is 0.405. The summed E-state index contributed by atoms with van der Waals surface area (Å²) in [7, 11) is 0. The maximum Gasteiger partial charge on any atom is 0.324 e. The molecule has 32 heavy (non-hydrogen) atoms. The number of rotatable bonds is 5. The number of hydrogen-bond acceptors (Lipinski definition) is 5. The maximum absolute atomic E-state index is 14.8. The lowest BCUT2D eigenvalue weighted by atomic mass is 10.1. The van der Waals surface area contributed by atoms with Gasteiger partial charge in [0.05, 0.1) is 25.8 Å². The van der Waals surface area contributed by atoms with E-state index in [1.807, 2.05) is 5.43 Å². The fourth-order valence-corrected chi connectivity index (χ4v) is 4.05. The molecule has 0 saturated carbocycles. The number of nitrogens with one attached hydrogen (secondary N) is 1. The number of carbonyl (C=O) groups is 2. The molecule has 2 aliphatic rings. The lowest BCUT2D eigenvalue weighted by Crippen LogP contribution is -2.59. The van der Waals surface area contributed by atoms with Crippen molar-refractivity contribution in [1.82, 2.24) is 15.2 Å². The molecule has 0 bridgehead atoms. The van der Waals surface area contributed by atoms with E-state index in [0.717, 1.165) is 32.4 Å². The minimum atomic E-state index is -0.597. The highest BCUT2D eigenvalue weighted by molar-refractivity contribution is 6.30. The summed E-state index contributed by atoms with van der Waals surface area (Å²) < 4.78 is 20.0. The molecule has 0 atom stereocenters. The number of anilines is 1. The van der Waals surface area contributed by atoms with Gasteiger partial charge < -0.3 is 9.64 Å². The zero-order valence-corrected chi connectivity index (χ0v) is 18.2. The van der Waals surface area contributed by atoms with E-state index in [9.17, 15) is 14.0 Å². The Labute approximate surface area is 190 Å². The number of hydrazine groups is 1.